The minimum Gasteiger partial charge on any atom is -0.373 e. The Bertz CT molecular complexity index is 542. The summed E-state index contributed by atoms with van der Waals surface area (Å²) < 4.78 is 0. The van der Waals surface area contributed by atoms with Crippen LogP contribution in [0.15, 0.2) is 42.6 Å². The molecule has 2 aromatic rings. The zero-order valence-corrected chi connectivity index (χ0v) is 10.3. The van der Waals surface area contributed by atoms with Gasteiger partial charge in [-0.2, -0.15) is 0 Å². The Balaban J connectivity index is 2.25. The van der Waals surface area contributed by atoms with Gasteiger partial charge in [0.2, 0.25) is 0 Å². The molecule has 0 fully saturated rings. The highest BCUT2D eigenvalue weighted by atomic mass is 16.2. The van der Waals surface area contributed by atoms with Crippen LogP contribution in [0.5, 0.6) is 0 Å². The zero-order chi connectivity index (χ0) is 13.0. The van der Waals surface area contributed by atoms with E-state index in [1.54, 1.807) is 44.6 Å². The lowest BCUT2D eigenvalue weighted by molar-refractivity contribution is 0.0987. The number of pyridine rings is 2. The largest absolute Gasteiger partial charge is 0.373 e. The average molecular weight is 242 g/mol. The molecule has 5 heteroatoms. The third kappa shape index (κ3) is 2.45. The Morgan fingerprint density at radius 1 is 1.22 bits per heavy atom. The SMILES string of the molecule is CNc1cccc(C(=O)N(C)c2ccccn2)n1. The van der Waals surface area contributed by atoms with Crippen molar-refractivity contribution in [1.82, 2.24) is 9.97 Å². The molecule has 0 bridgehead atoms. The molecule has 2 aromatic heterocycles. The second-order valence-electron chi connectivity index (χ2n) is 3.71. The molecule has 18 heavy (non-hydrogen) atoms. The first kappa shape index (κ1) is 12.0. The van der Waals surface area contributed by atoms with Gasteiger partial charge in [-0.3, -0.25) is 9.69 Å². The van der Waals surface area contributed by atoms with Crippen LogP contribution < -0.4 is 10.2 Å². The fourth-order valence-corrected chi connectivity index (χ4v) is 1.52. The van der Waals surface area contributed by atoms with Crippen molar-refractivity contribution >= 4 is 17.5 Å². The summed E-state index contributed by atoms with van der Waals surface area (Å²) in [6, 6.07) is 10.7. The first-order valence-electron chi connectivity index (χ1n) is 5.56. The Kier molecular flexibility index (Phi) is 3.52. The van der Waals surface area contributed by atoms with E-state index in [0.717, 1.165) is 0 Å². The van der Waals surface area contributed by atoms with Gasteiger partial charge in [0.1, 0.15) is 17.3 Å². The van der Waals surface area contributed by atoms with Gasteiger partial charge in [0, 0.05) is 20.3 Å². The molecule has 1 amide bonds. The van der Waals surface area contributed by atoms with Gasteiger partial charge < -0.3 is 5.32 Å². The molecule has 0 aliphatic heterocycles. The van der Waals surface area contributed by atoms with Crippen LogP contribution in [0.2, 0.25) is 0 Å². The molecule has 0 aliphatic carbocycles. The van der Waals surface area contributed by atoms with Crippen LogP contribution in [-0.2, 0) is 0 Å². The van der Waals surface area contributed by atoms with Crippen LogP contribution in [-0.4, -0.2) is 30.0 Å². The number of hydrogen-bond acceptors (Lipinski definition) is 4. The van der Waals surface area contributed by atoms with Gasteiger partial charge >= 0.3 is 0 Å². The van der Waals surface area contributed by atoms with Crippen molar-refractivity contribution in [3.8, 4) is 0 Å². The summed E-state index contributed by atoms with van der Waals surface area (Å²) in [7, 11) is 3.44. The van der Waals surface area contributed by atoms with Crippen LogP contribution in [0.25, 0.3) is 0 Å². The fourth-order valence-electron chi connectivity index (χ4n) is 1.52. The zero-order valence-electron chi connectivity index (χ0n) is 10.3. The standard InChI is InChI=1S/C13H14N4O/c1-14-11-7-5-6-10(16-11)13(18)17(2)12-8-3-4-9-15-12/h3-9H,1-2H3,(H,14,16). The van der Waals surface area contributed by atoms with Gasteiger partial charge in [0.15, 0.2) is 0 Å². The second kappa shape index (κ2) is 5.27. The molecule has 0 atom stereocenters. The van der Waals surface area contributed by atoms with E-state index in [0.29, 0.717) is 17.3 Å². The molecule has 0 aromatic carbocycles. The summed E-state index contributed by atoms with van der Waals surface area (Å²) >= 11 is 0. The van der Waals surface area contributed by atoms with E-state index in [2.05, 4.69) is 15.3 Å². The van der Waals surface area contributed by atoms with Crippen molar-refractivity contribution in [1.29, 1.82) is 0 Å². The van der Waals surface area contributed by atoms with E-state index in [9.17, 15) is 4.79 Å². The number of carbonyl (C=O) groups is 1. The van der Waals surface area contributed by atoms with Gasteiger partial charge in [-0.15, -0.1) is 0 Å². The molecule has 0 aliphatic rings. The first-order chi connectivity index (χ1) is 8.72. The lowest BCUT2D eigenvalue weighted by atomic mass is 10.3. The minimum absolute atomic E-state index is 0.189. The van der Waals surface area contributed by atoms with Crippen molar-refractivity contribution in [3.63, 3.8) is 0 Å². The molecular formula is C13H14N4O. The summed E-state index contributed by atoms with van der Waals surface area (Å²) in [5, 5.41) is 2.90. The average Bonchev–Trinajstić information content (AvgIpc) is 2.46. The molecule has 2 rings (SSSR count). The van der Waals surface area contributed by atoms with Gasteiger partial charge in [-0.25, -0.2) is 9.97 Å². The molecule has 0 radical (unpaired) electrons. The van der Waals surface area contributed by atoms with Crippen LogP contribution in [0.3, 0.4) is 0 Å². The molecule has 1 N–H and O–H groups in total. The lowest BCUT2D eigenvalue weighted by Crippen LogP contribution is -2.27. The van der Waals surface area contributed by atoms with Crippen LogP contribution in [0.4, 0.5) is 11.6 Å². The maximum absolute atomic E-state index is 12.2. The quantitative estimate of drug-likeness (QED) is 0.891. The maximum Gasteiger partial charge on any atom is 0.277 e. The number of amides is 1. The first-order valence-corrected chi connectivity index (χ1v) is 5.56. The molecule has 0 saturated carbocycles. The Hall–Kier alpha value is -2.43. The predicted molar refractivity (Wildman–Crippen MR) is 70.8 cm³/mol. The third-order valence-corrected chi connectivity index (χ3v) is 2.52. The number of carbonyl (C=O) groups excluding carboxylic acids is 1. The molecule has 0 saturated heterocycles. The summed E-state index contributed by atoms with van der Waals surface area (Å²) in [4.78, 5) is 22.0. The van der Waals surface area contributed by atoms with Gasteiger partial charge in [0.05, 0.1) is 0 Å². The van der Waals surface area contributed by atoms with Gasteiger partial charge in [-0.05, 0) is 24.3 Å². The maximum atomic E-state index is 12.2. The summed E-state index contributed by atoms with van der Waals surface area (Å²) in [5.74, 6) is 1.07. The normalized spacial score (nSPS) is 9.89. The molecule has 92 valence electrons. The third-order valence-electron chi connectivity index (χ3n) is 2.52. The molecule has 0 unspecified atom stereocenters. The van der Waals surface area contributed by atoms with Crippen LogP contribution in [0, 0.1) is 0 Å². The molecular weight excluding hydrogens is 228 g/mol. The Labute approximate surface area is 105 Å². The van der Waals surface area contributed by atoms with E-state index in [1.807, 2.05) is 12.1 Å². The van der Waals surface area contributed by atoms with Crippen LogP contribution in [0.1, 0.15) is 10.5 Å². The van der Waals surface area contributed by atoms with Crippen molar-refractivity contribution in [2.45, 2.75) is 0 Å². The summed E-state index contributed by atoms with van der Waals surface area (Å²) in [5.41, 5.74) is 0.384. The van der Waals surface area contributed by atoms with E-state index < -0.39 is 0 Å². The molecule has 2 heterocycles. The number of aromatic nitrogens is 2. The Morgan fingerprint density at radius 2 is 2.06 bits per heavy atom. The number of anilines is 2. The molecule has 0 spiro atoms. The van der Waals surface area contributed by atoms with Gasteiger partial charge in [0.25, 0.3) is 5.91 Å². The minimum atomic E-state index is -0.189. The number of hydrogen-bond donors (Lipinski definition) is 1. The highest BCUT2D eigenvalue weighted by Gasteiger charge is 2.15. The predicted octanol–water partition coefficient (Wildman–Crippen LogP) is 1.79. The smallest absolute Gasteiger partial charge is 0.277 e. The highest BCUT2D eigenvalue weighted by Crippen LogP contribution is 2.12. The Morgan fingerprint density at radius 3 is 2.72 bits per heavy atom. The molecule has 5 nitrogen and oxygen atoms in total. The monoisotopic (exact) mass is 242 g/mol. The lowest BCUT2D eigenvalue weighted by Gasteiger charge is -2.15. The van der Waals surface area contributed by atoms with E-state index in [4.69, 9.17) is 0 Å². The van der Waals surface area contributed by atoms with E-state index in [-0.39, 0.29) is 5.91 Å². The number of nitrogens with zero attached hydrogens (tertiary/aromatic N) is 3. The summed E-state index contributed by atoms with van der Waals surface area (Å²) in [6.45, 7) is 0. The topological polar surface area (TPSA) is 58.1 Å². The van der Waals surface area contributed by atoms with Crippen LogP contribution >= 0.6 is 0 Å². The summed E-state index contributed by atoms with van der Waals surface area (Å²) in [6.07, 6.45) is 1.65. The van der Waals surface area contributed by atoms with Crippen molar-refractivity contribution in [2.24, 2.45) is 0 Å². The van der Waals surface area contributed by atoms with E-state index >= 15 is 0 Å². The van der Waals surface area contributed by atoms with Gasteiger partial charge in [-0.1, -0.05) is 12.1 Å². The van der Waals surface area contributed by atoms with Crippen molar-refractivity contribution in [2.75, 3.05) is 24.3 Å². The van der Waals surface area contributed by atoms with E-state index in [1.165, 1.54) is 4.90 Å². The number of rotatable bonds is 3. The fraction of sp³-hybridized carbons (Fsp3) is 0.154. The number of nitrogens with one attached hydrogen (secondary N) is 1. The van der Waals surface area contributed by atoms with Crippen molar-refractivity contribution in [3.05, 3.63) is 48.3 Å². The second-order valence-corrected chi connectivity index (χ2v) is 3.71. The van der Waals surface area contributed by atoms with Crippen molar-refractivity contribution < 1.29 is 4.79 Å². The highest BCUT2D eigenvalue weighted by molar-refractivity contribution is 6.03.